The third kappa shape index (κ3) is 8.00. The normalized spacial score (nSPS) is 14.4. The molecule has 6 heterocycles. The van der Waals surface area contributed by atoms with Crippen LogP contribution in [0.4, 0.5) is 23.3 Å². The van der Waals surface area contributed by atoms with E-state index in [0.717, 1.165) is 86.4 Å². The third-order valence-corrected chi connectivity index (χ3v) is 11.7. The predicted octanol–water partition coefficient (Wildman–Crippen LogP) is 5.58. The average molecular weight is 841 g/mol. The fraction of sp³-hybridized carbons (Fsp3) is 0.318. The van der Waals surface area contributed by atoms with Crippen molar-refractivity contribution in [1.82, 2.24) is 38.3 Å². The Morgan fingerprint density at radius 3 is 1.44 bits per heavy atom. The van der Waals surface area contributed by atoms with Crippen LogP contribution >= 0.6 is 0 Å². The summed E-state index contributed by atoms with van der Waals surface area (Å²) < 4.78 is 33.1. The molecule has 16 nitrogen and oxygen atoms in total. The molecule has 0 radical (unpaired) electrons. The van der Waals surface area contributed by atoms with E-state index in [1.54, 1.807) is 27.3 Å². The Morgan fingerprint density at radius 1 is 0.590 bits per heavy atom. The smallest absolute Gasteiger partial charge is 0.263 e. The van der Waals surface area contributed by atoms with Crippen molar-refractivity contribution in [3.05, 3.63) is 129 Å². The lowest BCUT2D eigenvalue weighted by Crippen LogP contribution is -2.26. The molecular weight excluding hydrogens is 793 g/mol. The Kier molecular flexibility index (Phi) is 10.7. The van der Waals surface area contributed by atoms with Crippen LogP contribution < -0.4 is 31.0 Å². The van der Waals surface area contributed by atoms with Crippen molar-refractivity contribution in [2.75, 3.05) is 52.3 Å². The Morgan fingerprint density at radius 2 is 1.02 bits per heavy atom. The van der Waals surface area contributed by atoms with Crippen molar-refractivity contribution in [2.24, 2.45) is 0 Å². The van der Waals surface area contributed by atoms with Crippen LogP contribution in [0, 0.1) is 0 Å². The molecule has 4 aromatic heterocycles. The van der Waals surface area contributed by atoms with E-state index in [4.69, 9.17) is 0 Å². The molecule has 0 aliphatic carbocycles. The number of hydrogen-bond donors (Lipinski definition) is 2. The maximum absolute atomic E-state index is 13.6. The monoisotopic (exact) mass is 840 g/mol. The van der Waals surface area contributed by atoms with E-state index in [9.17, 15) is 18.0 Å². The van der Waals surface area contributed by atoms with E-state index in [0.29, 0.717) is 52.6 Å². The lowest BCUT2D eigenvalue weighted by molar-refractivity contribution is 0.607. The van der Waals surface area contributed by atoms with Crippen LogP contribution in [-0.2, 0) is 23.1 Å². The van der Waals surface area contributed by atoms with Crippen molar-refractivity contribution >= 4 is 66.7 Å². The van der Waals surface area contributed by atoms with Crippen LogP contribution in [0.2, 0.25) is 0 Å². The summed E-state index contributed by atoms with van der Waals surface area (Å²) in [4.78, 5) is 31.5. The van der Waals surface area contributed by atoms with Gasteiger partial charge in [0.15, 0.2) is 0 Å². The van der Waals surface area contributed by atoms with Gasteiger partial charge in [-0.25, -0.2) is 17.2 Å². The quantitative estimate of drug-likeness (QED) is 0.177. The topological polar surface area (TPSA) is 169 Å². The van der Waals surface area contributed by atoms with Crippen LogP contribution in [-0.4, -0.2) is 85.2 Å². The fourth-order valence-corrected chi connectivity index (χ4v) is 8.91. The zero-order chi connectivity index (χ0) is 42.3. The molecule has 61 heavy (non-hydrogen) atoms. The molecule has 0 saturated carbocycles. The van der Waals surface area contributed by atoms with Gasteiger partial charge in [-0.15, -0.1) is 20.4 Å². The largest absolute Gasteiger partial charge is 0.383 e. The summed E-state index contributed by atoms with van der Waals surface area (Å²) in [6.07, 6.45) is 5.55. The number of benzene rings is 4. The van der Waals surface area contributed by atoms with E-state index < -0.39 is 10.0 Å². The Bertz CT molecular complexity index is 3110. The highest BCUT2D eigenvalue weighted by molar-refractivity contribution is 7.92. The highest BCUT2D eigenvalue weighted by Gasteiger charge is 2.25. The van der Waals surface area contributed by atoms with E-state index in [1.807, 2.05) is 87.7 Å². The van der Waals surface area contributed by atoms with Gasteiger partial charge in [0, 0.05) is 43.6 Å². The summed E-state index contributed by atoms with van der Waals surface area (Å²) in [7, 11) is -3.47. The number of fused-ring (bicyclic) bond motifs is 6. The number of sulfonamides is 1. The zero-order valence-corrected chi connectivity index (χ0v) is 35.2. The van der Waals surface area contributed by atoms with E-state index in [1.165, 1.54) is 0 Å². The first-order chi connectivity index (χ1) is 29.5. The van der Waals surface area contributed by atoms with Crippen LogP contribution in [0.5, 0.6) is 0 Å². The Balaban J connectivity index is 0.000000156. The highest BCUT2D eigenvalue weighted by Crippen LogP contribution is 2.27. The first kappa shape index (κ1) is 39.7. The van der Waals surface area contributed by atoms with Gasteiger partial charge in [0.05, 0.1) is 41.2 Å². The number of rotatable bonds is 10. The summed E-state index contributed by atoms with van der Waals surface area (Å²) in [5.74, 6) is 2.57. The molecule has 10 rings (SSSR count). The summed E-state index contributed by atoms with van der Waals surface area (Å²) in [5, 5.41) is 22.2. The van der Waals surface area contributed by atoms with E-state index >= 15 is 0 Å². The van der Waals surface area contributed by atoms with Gasteiger partial charge in [-0.05, 0) is 87.1 Å². The molecule has 0 unspecified atom stereocenters. The number of aromatic nitrogens is 8. The second kappa shape index (κ2) is 16.4. The molecule has 2 aliphatic heterocycles. The van der Waals surface area contributed by atoms with Crippen LogP contribution in [0.1, 0.15) is 50.7 Å². The molecule has 2 saturated heterocycles. The Labute approximate surface area is 352 Å². The van der Waals surface area contributed by atoms with Gasteiger partial charge >= 0.3 is 0 Å². The van der Waals surface area contributed by atoms with Gasteiger partial charge in [0.2, 0.25) is 33.5 Å². The molecule has 2 aliphatic rings. The van der Waals surface area contributed by atoms with Crippen molar-refractivity contribution in [3.63, 3.8) is 0 Å². The molecule has 2 N–H and O–H groups in total. The molecule has 0 atom stereocenters. The third-order valence-electron chi connectivity index (χ3n) is 11.1. The van der Waals surface area contributed by atoms with Crippen molar-refractivity contribution in [3.8, 4) is 0 Å². The van der Waals surface area contributed by atoms with Gasteiger partial charge in [0.1, 0.15) is 0 Å². The second-order valence-corrected chi connectivity index (χ2v) is 17.8. The lowest BCUT2D eigenvalue weighted by atomic mass is 10.2. The predicted molar refractivity (Wildman–Crippen MR) is 241 cm³/mol. The maximum atomic E-state index is 13.6. The summed E-state index contributed by atoms with van der Waals surface area (Å²) >= 11 is 0. The minimum absolute atomic E-state index is 0.0471. The molecule has 17 heteroatoms. The second-order valence-electron chi connectivity index (χ2n) is 16.1. The van der Waals surface area contributed by atoms with Crippen molar-refractivity contribution in [2.45, 2.75) is 58.7 Å². The van der Waals surface area contributed by atoms with Gasteiger partial charge in [-0.3, -0.25) is 23.4 Å². The van der Waals surface area contributed by atoms with Crippen LogP contribution in [0.3, 0.4) is 0 Å². The lowest BCUT2D eigenvalue weighted by Gasteiger charge is -2.18. The molecule has 0 spiro atoms. The minimum Gasteiger partial charge on any atom is -0.383 e. The van der Waals surface area contributed by atoms with Crippen molar-refractivity contribution in [1.29, 1.82) is 0 Å². The number of nitrogens with zero attached hydrogens (tertiary/aromatic N) is 10. The van der Waals surface area contributed by atoms with Gasteiger partial charge < -0.3 is 15.1 Å². The SMILES string of the molecule is CC(C)Nc1ccc2c(c1)c(=O)n(Cc1ccccc1)c1nnc(N3CCCC3)n21.CS(=O)(=O)Nc1ccc2c(c1)c(=O)n(Cc1ccccc1)c1nnc(N3CCCC3)n21. The van der Waals surface area contributed by atoms with Crippen LogP contribution in [0.15, 0.2) is 107 Å². The van der Waals surface area contributed by atoms with E-state index in [2.05, 4.69) is 54.1 Å². The molecular formula is C44H48N12O4S. The van der Waals surface area contributed by atoms with Crippen LogP contribution in [0.25, 0.3) is 33.4 Å². The molecule has 4 aromatic carbocycles. The average Bonchev–Trinajstić information content (AvgIpc) is 4.09. The van der Waals surface area contributed by atoms with Gasteiger partial charge in [-0.1, -0.05) is 60.7 Å². The maximum Gasteiger partial charge on any atom is 0.263 e. The standard InChI is InChI=1S/C23H26N6O.C21H22N6O3S/c1-16(2)24-18-10-11-20-19(14-18)21(30)28(15-17-8-4-3-5-9-17)23-26-25-22(29(20)23)27-12-6-7-13-27;1-31(29,30)24-16-9-10-18-17(13-16)19(28)26(14-15-7-3-2-4-8-15)21-23-22-20(27(18)21)25-11-5-6-12-25/h3-5,8-11,14,16,24H,6-7,12-13,15H2,1-2H3;2-4,7-10,13,24H,5-6,11-12,14H2,1H3. The summed E-state index contributed by atoms with van der Waals surface area (Å²) in [6, 6.07) is 30.9. The number of anilines is 4. The zero-order valence-electron chi connectivity index (χ0n) is 34.4. The highest BCUT2D eigenvalue weighted by atomic mass is 32.2. The summed E-state index contributed by atoms with van der Waals surface area (Å²) in [5.41, 5.74) is 4.50. The molecule has 314 valence electrons. The van der Waals surface area contributed by atoms with Gasteiger partial charge in [-0.2, -0.15) is 0 Å². The van der Waals surface area contributed by atoms with E-state index in [-0.39, 0.29) is 17.2 Å². The molecule has 0 bridgehead atoms. The van der Waals surface area contributed by atoms with Crippen molar-refractivity contribution < 1.29 is 8.42 Å². The first-order valence-electron chi connectivity index (χ1n) is 20.7. The number of nitrogens with one attached hydrogen (secondary N) is 2. The Hall–Kier alpha value is -6.75. The number of hydrogen-bond acceptors (Lipinski definition) is 11. The molecule has 2 fully saturated rings. The molecule has 8 aromatic rings. The van der Waals surface area contributed by atoms with Gasteiger partial charge in [0.25, 0.3) is 11.1 Å². The fourth-order valence-electron chi connectivity index (χ4n) is 8.36. The molecule has 0 amide bonds. The first-order valence-corrected chi connectivity index (χ1v) is 22.6. The summed E-state index contributed by atoms with van der Waals surface area (Å²) in [6.45, 7) is 8.67. The minimum atomic E-state index is -3.47.